The highest BCUT2D eigenvalue weighted by atomic mass is 16.5. The molecule has 108 valence electrons. The van der Waals surface area contributed by atoms with Gasteiger partial charge < -0.3 is 9.42 Å². The molecule has 19 heavy (non-hydrogen) atoms. The highest BCUT2D eigenvalue weighted by molar-refractivity contribution is 4.93. The first kappa shape index (κ1) is 14.5. The normalized spacial score (nSPS) is 19.7. The molecule has 0 aromatic carbocycles. The fraction of sp³-hybridized carbons (Fsp3) is 0.857. The molecule has 0 unspecified atom stereocenters. The van der Waals surface area contributed by atoms with Crippen LogP contribution in [0.2, 0.25) is 0 Å². The molecule has 1 aliphatic rings. The van der Waals surface area contributed by atoms with Gasteiger partial charge in [-0.15, -0.1) is 0 Å². The van der Waals surface area contributed by atoms with Crippen LogP contribution in [0.1, 0.15) is 51.4 Å². The van der Waals surface area contributed by atoms with Crippen molar-refractivity contribution in [1.29, 1.82) is 0 Å². The maximum Gasteiger partial charge on any atom is 0.243 e. The third kappa shape index (κ3) is 3.76. The molecule has 0 spiro atoms. The summed E-state index contributed by atoms with van der Waals surface area (Å²) in [4.78, 5) is 9.46. The fourth-order valence-electron chi connectivity index (χ4n) is 2.61. The molecule has 5 nitrogen and oxygen atoms in total. The summed E-state index contributed by atoms with van der Waals surface area (Å²) in [5.41, 5.74) is 0. The summed E-state index contributed by atoms with van der Waals surface area (Å²) in [5.74, 6) is 1.61. The van der Waals surface area contributed by atoms with Crippen LogP contribution < -0.4 is 0 Å². The Morgan fingerprint density at radius 1 is 1.16 bits per heavy atom. The summed E-state index contributed by atoms with van der Waals surface area (Å²) in [6.07, 6.45) is 3.20. The predicted octanol–water partition coefficient (Wildman–Crippen LogP) is 2.11. The minimum absolute atomic E-state index is 0.238. The van der Waals surface area contributed by atoms with Crippen LogP contribution in [0.25, 0.3) is 0 Å². The van der Waals surface area contributed by atoms with Crippen molar-refractivity contribution in [2.24, 2.45) is 0 Å². The van der Waals surface area contributed by atoms with Crippen molar-refractivity contribution in [1.82, 2.24) is 19.9 Å². The smallest absolute Gasteiger partial charge is 0.243 e. The van der Waals surface area contributed by atoms with Crippen molar-refractivity contribution < 1.29 is 4.52 Å². The third-order valence-electron chi connectivity index (χ3n) is 3.81. The Hall–Kier alpha value is -0.940. The second-order valence-electron chi connectivity index (χ2n) is 5.35. The first-order chi connectivity index (χ1) is 9.24. The number of piperazine rings is 1. The lowest BCUT2D eigenvalue weighted by atomic mass is 10.2. The van der Waals surface area contributed by atoms with Crippen molar-refractivity contribution in [3.05, 3.63) is 11.7 Å². The molecule has 1 saturated heterocycles. The molecule has 1 atom stereocenters. The van der Waals surface area contributed by atoms with Crippen molar-refractivity contribution >= 4 is 0 Å². The number of aromatic nitrogens is 2. The van der Waals surface area contributed by atoms with Gasteiger partial charge in [-0.3, -0.25) is 4.90 Å². The van der Waals surface area contributed by atoms with E-state index in [9.17, 15) is 0 Å². The molecule has 1 fully saturated rings. The molecular weight excluding hydrogens is 240 g/mol. The Kier molecular flexibility index (Phi) is 5.34. The molecule has 2 heterocycles. The van der Waals surface area contributed by atoms with Crippen LogP contribution in [0.15, 0.2) is 4.52 Å². The van der Waals surface area contributed by atoms with Gasteiger partial charge in [0.15, 0.2) is 5.82 Å². The predicted molar refractivity (Wildman–Crippen MR) is 75.0 cm³/mol. The average Bonchev–Trinajstić information content (AvgIpc) is 2.88. The van der Waals surface area contributed by atoms with E-state index in [-0.39, 0.29) is 6.04 Å². The van der Waals surface area contributed by atoms with Crippen LogP contribution in [0.4, 0.5) is 0 Å². The lowest BCUT2D eigenvalue weighted by Crippen LogP contribution is -2.47. The molecule has 0 aliphatic carbocycles. The highest BCUT2D eigenvalue weighted by Crippen LogP contribution is 2.20. The van der Waals surface area contributed by atoms with Gasteiger partial charge in [0, 0.05) is 32.6 Å². The van der Waals surface area contributed by atoms with Crippen molar-refractivity contribution in [2.45, 2.75) is 46.1 Å². The van der Waals surface area contributed by atoms with Gasteiger partial charge in [-0.2, -0.15) is 4.98 Å². The van der Waals surface area contributed by atoms with E-state index in [2.05, 4.69) is 40.7 Å². The molecule has 1 aliphatic heterocycles. The average molecular weight is 266 g/mol. The monoisotopic (exact) mass is 266 g/mol. The summed E-state index contributed by atoms with van der Waals surface area (Å²) < 4.78 is 5.39. The van der Waals surface area contributed by atoms with Gasteiger partial charge in [-0.25, -0.2) is 0 Å². The lowest BCUT2D eigenvalue weighted by molar-refractivity contribution is 0.0884. The van der Waals surface area contributed by atoms with Gasteiger partial charge >= 0.3 is 0 Å². The van der Waals surface area contributed by atoms with Crippen molar-refractivity contribution in [2.75, 3.05) is 32.7 Å². The Labute approximate surface area is 116 Å². The molecule has 2 rings (SSSR count). The molecular formula is C14H26N4O. The zero-order chi connectivity index (χ0) is 13.7. The van der Waals surface area contributed by atoms with E-state index in [0.717, 1.165) is 50.7 Å². The topological polar surface area (TPSA) is 45.4 Å². The summed E-state index contributed by atoms with van der Waals surface area (Å²) in [7, 11) is 0. The van der Waals surface area contributed by atoms with Crippen LogP contribution in [0, 0.1) is 0 Å². The highest BCUT2D eigenvalue weighted by Gasteiger charge is 2.25. The second-order valence-corrected chi connectivity index (χ2v) is 5.35. The molecule has 0 bridgehead atoms. The van der Waals surface area contributed by atoms with Gasteiger partial charge in [0.2, 0.25) is 5.89 Å². The van der Waals surface area contributed by atoms with Crippen molar-refractivity contribution in [3.8, 4) is 0 Å². The number of hydrogen-bond acceptors (Lipinski definition) is 5. The van der Waals surface area contributed by atoms with Gasteiger partial charge in [0.25, 0.3) is 0 Å². The minimum Gasteiger partial charge on any atom is -0.338 e. The molecule has 1 aromatic heterocycles. The van der Waals surface area contributed by atoms with Gasteiger partial charge in [0.1, 0.15) is 0 Å². The zero-order valence-corrected chi connectivity index (χ0v) is 12.4. The second kappa shape index (κ2) is 7.01. The van der Waals surface area contributed by atoms with Crippen LogP contribution in [0.5, 0.6) is 0 Å². The van der Waals surface area contributed by atoms with Crippen LogP contribution >= 0.6 is 0 Å². The molecule has 0 amide bonds. The van der Waals surface area contributed by atoms with Crippen molar-refractivity contribution in [3.63, 3.8) is 0 Å². The summed E-state index contributed by atoms with van der Waals surface area (Å²) in [6.45, 7) is 12.2. The third-order valence-corrected chi connectivity index (χ3v) is 3.81. The van der Waals surface area contributed by atoms with E-state index in [0.29, 0.717) is 0 Å². The SMILES string of the molecule is CCCc1noc([C@@H](C)N2CCN(CCC)CC2)n1. The number of aryl methyl sites for hydroxylation is 1. The molecule has 0 N–H and O–H groups in total. The quantitative estimate of drug-likeness (QED) is 0.789. The zero-order valence-electron chi connectivity index (χ0n) is 12.4. The first-order valence-electron chi connectivity index (χ1n) is 7.53. The molecule has 0 saturated carbocycles. The van der Waals surface area contributed by atoms with E-state index in [1.807, 2.05) is 0 Å². The fourth-order valence-corrected chi connectivity index (χ4v) is 2.61. The number of rotatable bonds is 6. The Morgan fingerprint density at radius 2 is 1.89 bits per heavy atom. The van der Waals surface area contributed by atoms with Crippen LogP contribution in [0.3, 0.4) is 0 Å². The summed E-state index contributed by atoms with van der Waals surface area (Å²) in [5, 5.41) is 4.04. The standard InChI is InChI=1S/C14H26N4O/c1-4-6-13-15-14(19-16-13)12(3)18-10-8-17(7-5-2)9-11-18/h12H,4-11H2,1-3H3/t12-/m1/s1. The van der Waals surface area contributed by atoms with E-state index >= 15 is 0 Å². The lowest BCUT2D eigenvalue weighted by Gasteiger charge is -2.36. The largest absolute Gasteiger partial charge is 0.338 e. The van der Waals surface area contributed by atoms with Gasteiger partial charge in [0.05, 0.1) is 6.04 Å². The Bertz CT molecular complexity index is 371. The summed E-state index contributed by atoms with van der Waals surface area (Å²) >= 11 is 0. The van der Waals surface area contributed by atoms with E-state index < -0.39 is 0 Å². The minimum atomic E-state index is 0.238. The number of nitrogens with zero attached hydrogens (tertiary/aromatic N) is 4. The maximum absolute atomic E-state index is 5.39. The Balaban J connectivity index is 1.87. The molecule has 1 aromatic rings. The van der Waals surface area contributed by atoms with Gasteiger partial charge in [-0.1, -0.05) is 19.0 Å². The maximum atomic E-state index is 5.39. The first-order valence-corrected chi connectivity index (χ1v) is 7.53. The van der Waals surface area contributed by atoms with Gasteiger partial charge in [-0.05, 0) is 26.3 Å². The van der Waals surface area contributed by atoms with E-state index in [1.54, 1.807) is 0 Å². The summed E-state index contributed by atoms with van der Waals surface area (Å²) in [6, 6.07) is 0.238. The van der Waals surface area contributed by atoms with Crippen LogP contribution in [-0.2, 0) is 6.42 Å². The van der Waals surface area contributed by atoms with E-state index in [4.69, 9.17) is 4.52 Å². The molecule has 5 heteroatoms. The van der Waals surface area contributed by atoms with E-state index in [1.165, 1.54) is 13.0 Å². The van der Waals surface area contributed by atoms with Crippen LogP contribution in [-0.4, -0.2) is 52.7 Å². The number of hydrogen-bond donors (Lipinski definition) is 0. The Morgan fingerprint density at radius 3 is 2.53 bits per heavy atom. The molecule has 0 radical (unpaired) electrons.